The van der Waals surface area contributed by atoms with Crippen molar-refractivity contribution >= 4 is 23.2 Å². The van der Waals surface area contributed by atoms with Crippen LogP contribution in [0.1, 0.15) is 37.2 Å². The number of benzene rings is 1. The van der Waals surface area contributed by atoms with Crippen molar-refractivity contribution in [3.63, 3.8) is 0 Å². The first-order valence-electron chi connectivity index (χ1n) is 7.42. The lowest BCUT2D eigenvalue weighted by atomic mass is 10.2. The molecule has 0 radical (unpaired) electrons. The zero-order valence-electron chi connectivity index (χ0n) is 13.0. The summed E-state index contributed by atoms with van der Waals surface area (Å²) in [5.74, 6) is -0.107. The minimum absolute atomic E-state index is 0.173. The monoisotopic (exact) mass is 348 g/mol. The van der Waals surface area contributed by atoms with E-state index in [-0.39, 0.29) is 17.3 Å². The normalized spacial score (nSPS) is 13.2. The number of carboxylic acid groups (broad SMARTS) is 1. The smallest absolute Gasteiger partial charge is 0.347 e. The molecule has 0 bridgehead atoms. The van der Waals surface area contributed by atoms with E-state index in [2.05, 4.69) is 10.3 Å². The molecule has 126 valence electrons. The fourth-order valence-corrected chi connectivity index (χ4v) is 3.13. The Kier molecular flexibility index (Phi) is 4.66. The third-order valence-electron chi connectivity index (χ3n) is 3.45. The van der Waals surface area contributed by atoms with E-state index in [1.54, 1.807) is 25.1 Å². The molecule has 1 aliphatic rings. The predicted octanol–water partition coefficient (Wildman–Crippen LogP) is 2.24. The third kappa shape index (κ3) is 3.48. The second kappa shape index (κ2) is 6.88. The number of hydrogen-bond donors (Lipinski definition) is 2. The van der Waals surface area contributed by atoms with Gasteiger partial charge >= 0.3 is 5.97 Å². The Balaban J connectivity index is 1.68. The van der Waals surface area contributed by atoms with Gasteiger partial charge in [0.15, 0.2) is 11.5 Å². The number of nitrogens with zero attached hydrogens (tertiary/aromatic N) is 1. The van der Waals surface area contributed by atoms with Crippen LogP contribution in [0.25, 0.3) is 0 Å². The van der Waals surface area contributed by atoms with Gasteiger partial charge in [0.1, 0.15) is 9.88 Å². The number of carbonyl (C=O) groups is 2. The summed E-state index contributed by atoms with van der Waals surface area (Å²) in [7, 11) is 0. The Bertz CT molecular complexity index is 787. The van der Waals surface area contributed by atoms with Gasteiger partial charge in [-0.2, -0.15) is 0 Å². The zero-order valence-corrected chi connectivity index (χ0v) is 13.8. The van der Waals surface area contributed by atoms with Gasteiger partial charge in [0.25, 0.3) is 5.91 Å². The summed E-state index contributed by atoms with van der Waals surface area (Å²) in [4.78, 5) is 27.6. The van der Waals surface area contributed by atoms with Gasteiger partial charge in [0, 0.05) is 12.0 Å². The van der Waals surface area contributed by atoms with Gasteiger partial charge in [0.05, 0.1) is 25.5 Å². The van der Waals surface area contributed by atoms with Crippen molar-refractivity contribution in [3.8, 4) is 11.5 Å². The SMILES string of the molecule is Cc1nc(CNC(=O)c2ccc3c(c2)OCCCO3)sc1C(=O)O. The van der Waals surface area contributed by atoms with Crippen LogP contribution in [0.15, 0.2) is 18.2 Å². The van der Waals surface area contributed by atoms with Gasteiger partial charge in [-0.3, -0.25) is 4.79 Å². The lowest BCUT2D eigenvalue weighted by Gasteiger charge is -2.09. The highest BCUT2D eigenvalue weighted by Gasteiger charge is 2.16. The van der Waals surface area contributed by atoms with Crippen LogP contribution in [0.4, 0.5) is 0 Å². The Morgan fingerprint density at radius 2 is 2.04 bits per heavy atom. The summed E-state index contributed by atoms with van der Waals surface area (Å²) < 4.78 is 11.1. The molecule has 1 aromatic carbocycles. The summed E-state index contributed by atoms with van der Waals surface area (Å²) in [6, 6.07) is 5.02. The summed E-state index contributed by atoms with van der Waals surface area (Å²) in [6.07, 6.45) is 0.797. The van der Waals surface area contributed by atoms with Crippen LogP contribution in [0, 0.1) is 6.92 Å². The quantitative estimate of drug-likeness (QED) is 0.879. The maximum Gasteiger partial charge on any atom is 0.347 e. The number of ether oxygens (including phenoxy) is 2. The van der Waals surface area contributed by atoms with Gasteiger partial charge in [-0.1, -0.05) is 0 Å². The van der Waals surface area contributed by atoms with E-state index in [0.717, 1.165) is 17.8 Å². The molecule has 1 aliphatic heterocycles. The lowest BCUT2D eigenvalue weighted by molar-refractivity contribution is 0.0701. The minimum Gasteiger partial charge on any atom is -0.490 e. The fraction of sp³-hybridized carbons (Fsp3) is 0.312. The van der Waals surface area contributed by atoms with Crippen LogP contribution in [0.5, 0.6) is 11.5 Å². The Morgan fingerprint density at radius 3 is 2.75 bits per heavy atom. The van der Waals surface area contributed by atoms with Crippen molar-refractivity contribution < 1.29 is 24.2 Å². The molecular formula is C16H16N2O5S. The largest absolute Gasteiger partial charge is 0.490 e. The van der Waals surface area contributed by atoms with Gasteiger partial charge in [0.2, 0.25) is 0 Å². The molecule has 8 heteroatoms. The van der Waals surface area contributed by atoms with Crippen molar-refractivity contribution in [2.45, 2.75) is 19.9 Å². The van der Waals surface area contributed by atoms with Crippen molar-refractivity contribution in [2.75, 3.05) is 13.2 Å². The van der Waals surface area contributed by atoms with E-state index in [4.69, 9.17) is 14.6 Å². The molecule has 0 atom stereocenters. The zero-order chi connectivity index (χ0) is 17.1. The number of fused-ring (bicyclic) bond motifs is 1. The summed E-state index contributed by atoms with van der Waals surface area (Å²) in [6.45, 7) is 2.95. The maximum absolute atomic E-state index is 12.3. The van der Waals surface area contributed by atoms with Gasteiger partial charge in [-0.25, -0.2) is 9.78 Å². The number of aryl methyl sites for hydroxylation is 1. The standard InChI is InChI=1S/C16H16N2O5S/c1-9-14(16(20)21)24-13(18-9)8-17-15(19)10-3-4-11-12(7-10)23-6-2-5-22-11/h3-4,7H,2,5-6,8H2,1H3,(H,17,19)(H,20,21). The van der Waals surface area contributed by atoms with Crippen LogP contribution >= 0.6 is 11.3 Å². The molecule has 2 N–H and O–H groups in total. The summed E-state index contributed by atoms with van der Waals surface area (Å²) >= 11 is 1.06. The van der Waals surface area contributed by atoms with E-state index in [1.165, 1.54) is 0 Å². The second-order valence-electron chi connectivity index (χ2n) is 5.22. The summed E-state index contributed by atoms with van der Waals surface area (Å²) in [5, 5.41) is 12.3. The topological polar surface area (TPSA) is 97.8 Å². The lowest BCUT2D eigenvalue weighted by Crippen LogP contribution is -2.22. The number of carboxylic acids is 1. The highest BCUT2D eigenvalue weighted by molar-refractivity contribution is 7.13. The second-order valence-corrected chi connectivity index (χ2v) is 6.31. The van der Waals surface area contributed by atoms with E-state index >= 15 is 0 Å². The average Bonchev–Trinajstić information content (AvgIpc) is 2.79. The molecule has 24 heavy (non-hydrogen) atoms. The summed E-state index contributed by atoms with van der Waals surface area (Å²) in [5.41, 5.74) is 0.901. The van der Waals surface area contributed by atoms with Crippen LogP contribution in [0.3, 0.4) is 0 Å². The van der Waals surface area contributed by atoms with Gasteiger partial charge in [-0.15, -0.1) is 11.3 Å². The van der Waals surface area contributed by atoms with Crippen LogP contribution < -0.4 is 14.8 Å². The molecule has 0 spiro atoms. The number of thiazole rings is 1. The van der Waals surface area contributed by atoms with Crippen LogP contribution in [-0.4, -0.2) is 35.2 Å². The first-order chi connectivity index (χ1) is 11.5. The molecule has 7 nitrogen and oxygen atoms in total. The van der Waals surface area contributed by atoms with Crippen LogP contribution in [0.2, 0.25) is 0 Å². The van der Waals surface area contributed by atoms with Crippen LogP contribution in [-0.2, 0) is 6.54 Å². The van der Waals surface area contributed by atoms with Crippen molar-refractivity contribution in [3.05, 3.63) is 39.3 Å². The highest BCUT2D eigenvalue weighted by atomic mass is 32.1. The van der Waals surface area contributed by atoms with Crippen molar-refractivity contribution in [1.29, 1.82) is 0 Å². The predicted molar refractivity (Wildman–Crippen MR) is 87.0 cm³/mol. The van der Waals surface area contributed by atoms with E-state index in [1.807, 2.05) is 0 Å². The number of aromatic nitrogens is 1. The Labute approximate surface area is 142 Å². The molecule has 0 aliphatic carbocycles. The molecule has 1 amide bonds. The molecule has 2 heterocycles. The Hall–Kier alpha value is -2.61. The first kappa shape index (κ1) is 16.3. The highest BCUT2D eigenvalue weighted by Crippen LogP contribution is 2.30. The molecule has 0 fully saturated rings. The number of carbonyl (C=O) groups excluding carboxylic acids is 1. The minimum atomic E-state index is -1.01. The van der Waals surface area contributed by atoms with Crippen molar-refractivity contribution in [1.82, 2.24) is 10.3 Å². The molecule has 0 saturated heterocycles. The maximum atomic E-state index is 12.3. The number of amides is 1. The number of nitrogens with one attached hydrogen (secondary N) is 1. The van der Waals surface area contributed by atoms with Gasteiger partial charge < -0.3 is 19.9 Å². The number of rotatable bonds is 4. The van der Waals surface area contributed by atoms with E-state index in [9.17, 15) is 9.59 Å². The molecular weight excluding hydrogens is 332 g/mol. The van der Waals surface area contributed by atoms with Crippen molar-refractivity contribution in [2.24, 2.45) is 0 Å². The number of aromatic carboxylic acids is 1. The molecule has 2 aromatic rings. The van der Waals surface area contributed by atoms with E-state index < -0.39 is 5.97 Å². The Morgan fingerprint density at radius 1 is 1.29 bits per heavy atom. The molecule has 0 unspecified atom stereocenters. The fourth-order valence-electron chi connectivity index (χ4n) is 2.29. The molecule has 1 aromatic heterocycles. The average molecular weight is 348 g/mol. The molecule has 0 saturated carbocycles. The van der Waals surface area contributed by atoms with E-state index in [0.29, 0.717) is 41.0 Å². The van der Waals surface area contributed by atoms with Gasteiger partial charge in [-0.05, 0) is 25.1 Å². The molecule has 3 rings (SSSR count). The third-order valence-corrected chi connectivity index (χ3v) is 4.59. The number of hydrogen-bond acceptors (Lipinski definition) is 6. The first-order valence-corrected chi connectivity index (χ1v) is 8.23.